The van der Waals surface area contributed by atoms with Crippen LogP contribution in [0, 0.1) is 11.8 Å². The van der Waals surface area contributed by atoms with Gasteiger partial charge in [0, 0.05) is 20.0 Å². The average Bonchev–Trinajstić information content (AvgIpc) is 2.78. The maximum atomic E-state index is 11.2. The number of hydrogen-bond acceptors (Lipinski definition) is 1. The lowest BCUT2D eigenvalue weighted by atomic mass is 10.3. The Morgan fingerprint density at radius 3 is 1.83 bits per heavy atom. The van der Waals surface area contributed by atoms with Crippen molar-refractivity contribution < 1.29 is 4.79 Å². The monoisotopic (exact) mass is 167 g/mol. The Morgan fingerprint density at radius 2 is 1.58 bits per heavy atom. The molecule has 68 valence electrons. The third-order valence-corrected chi connectivity index (χ3v) is 2.80. The molecule has 0 unspecified atom stereocenters. The summed E-state index contributed by atoms with van der Waals surface area (Å²) in [6, 6.07) is 0. The van der Waals surface area contributed by atoms with Crippen LogP contribution < -0.4 is 0 Å². The summed E-state index contributed by atoms with van der Waals surface area (Å²) in [6.07, 6.45) is 5.37. The van der Waals surface area contributed by atoms with Crippen LogP contribution in [0.15, 0.2) is 0 Å². The highest BCUT2D eigenvalue weighted by Gasteiger charge is 2.29. The largest absolute Gasteiger partial charge is 0.342 e. The van der Waals surface area contributed by atoms with Crippen molar-refractivity contribution >= 4 is 5.91 Å². The van der Waals surface area contributed by atoms with Crippen molar-refractivity contribution in [1.82, 2.24) is 4.90 Å². The zero-order chi connectivity index (χ0) is 8.55. The third kappa shape index (κ3) is 2.23. The number of amides is 1. The van der Waals surface area contributed by atoms with Gasteiger partial charge in [0.2, 0.25) is 5.91 Å². The van der Waals surface area contributed by atoms with Gasteiger partial charge in [-0.1, -0.05) is 0 Å². The van der Waals surface area contributed by atoms with Gasteiger partial charge in [0.15, 0.2) is 0 Å². The highest BCUT2D eigenvalue weighted by Crippen LogP contribution is 2.33. The maximum absolute atomic E-state index is 11.2. The maximum Gasteiger partial charge on any atom is 0.219 e. The van der Waals surface area contributed by atoms with Crippen molar-refractivity contribution in [3.63, 3.8) is 0 Å². The molecular weight excluding hydrogens is 150 g/mol. The summed E-state index contributed by atoms with van der Waals surface area (Å²) in [5.74, 6) is 1.95. The lowest BCUT2D eigenvalue weighted by Gasteiger charge is -2.20. The third-order valence-electron chi connectivity index (χ3n) is 2.80. The number of carbonyl (C=O) groups is 1. The predicted molar refractivity (Wildman–Crippen MR) is 47.7 cm³/mol. The minimum atomic E-state index is 0.272. The molecule has 2 saturated carbocycles. The van der Waals surface area contributed by atoms with E-state index >= 15 is 0 Å². The molecule has 0 atom stereocenters. The van der Waals surface area contributed by atoms with Crippen LogP contribution in [0.25, 0.3) is 0 Å². The average molecular weight is 167 g/mol. The molecule has 1 amide bonds. The molecule has 0 aromatic heterocycles. The van der Waals surface area contributed by atoms with Crippen LogP contribution in [-0.4, -0.2) is 23.9 Å². The van der Waals surface area contributed by atoms with Gasteiger partial charge in [-0.3, -0.25) is 4.79 Å². The van der Waals surface area contributed by atoms with Crippen molar-refractivity contribution in [2.45, 2.75) is 32.6 Å². The van der Waals surface area contributed by atoms with Crippen LogP contribution in [0.3, 0.4) is 0 Å². The zero-order valence-corrected chi connectivity index (χ0v) is 7.75. The van der Waals surface area contributed by atoms with E-state index in [9.17, 15) is 4.79 Å². The van der Waals surface area contributed by atoms with Gasteiger partial charge in [-0.25, -0.2) is 0 Å². The van der Waals surface area contributed by atoms with Crippen molar-refractivity contribution in [3.05, 3.63) is 0 Å². The van der Waals surface area contributed by atoms with Crippen LogP contribution in [0.1, 0.15) is 32.6 Å². The van der Waals surface area contributed by atoms with Gasteiger partial charge in [0.25, 0.3) is 0 Å². The molecule has 0 saturated heterocycles. The van der Waals surface area contributed by atoms with E-state index in [4.69, 9.17) is 0 Å². The van der Waals surface area contributed by atoms with Crippen LogP contribution in [-0.2, 0) is 4.79 Å². The molecule has 0 bridgehead atoms. The van der Waals surface area contributed by atoms with Crippen molar-refractivity contribution in [2.75, 3.05) is 13.1 Å². The Labute approximate surface area is 73.9 Å². The first-order valence-corrected chi connectivity index (χ1v) is 5.01. The van der Waals surface area contributed by atoms with Crippen LogP contribution in [0.5, 0.6) is 0 Å². The van der Waals surface area contributed by atoms with E-state index in [1.807, 2.05) is 0 Å². The van der Waals surface area contributed by atoms with Gasteiger partial charge >= 0.3 is 0 Å². The van der Waals surface area contributed by atoms with E-state index in [1.165, 1.54) is 25.7 Å². The molecule has 0 aromatic rings. The molecule has 0 spiro atoms. The van der Waals surface area contributed by atoms with Gasteiger partial charge in [-0.05, 0) is 37.5 Å². The molecule has 12 heavy (non-hydrogen) atoms. The molecule has 0 aliphatic heterocycles. The molecule has 0 heterocycles. The molecule has 0 radical (unpaired) electrons. The Kier molecular flexibility index (Phi) is 2.07. The molecule has 0 aromatic carbocycles. The molecule has 2 rings (SSSR count). The number of rotatable bonds is 4. The highest BCUT2D eigenvalue weighted by atomic mass is 16.2. The van der Waals surface area contributed by atoms with Crippen LogP contribution >= 0.6 is 0 Å². The first kappa shape index (κ1) is 8.09. The van der Waals surface area contributed by atoms with Crippen molar-refractivity contribution in [2.24, 2.45) is 11.8 Å². The van der Waals surface area contributed by atoms with Gasteiger partial charge in [0.05, 0.1) is 0 Å². The minimum absolute atomic E-state index is 0.272. The molecule has 2 aliphatic rings. The van der Waals surface area contributed by atoms with Gasteiger partial charge in [-0.2, -0.15) is 0 Å². The number of hydrogen-bond donors (Lipinski definition) is 0. The lowest BCUT2D eigenvalue weighted by Crippen LogP contribution is -2.32. The summed E-state index contributed by atoms with van der Waals surface area (Å²) in [5, 5.41) is 0. The minimum Gasteiger partial charge on any atom is -0.342 e. The molecule has 2 heteroatoms. The SMILES string of the molecule is CC(=O)N(CC1CC1)CC1CC1. The summed E-state index contributed by atoms with van der Waals surface area (Å²) in [4.78, 5) is 13.2. The van der Waals surface area contributed by atoms with Crippen LogP contribution in [0.4, 0.5) is 0 Å². The van der Waals surface area contributed by atoms with E-state index in [1.54, 1.807) is 6.92 Å². The Balaban J connectivity index is 1.77. The Morgan fingerprint density at radius 1 is 1.17 bits per heavy atom. The molecule has 2 aliphatic carbocycles. The topological polar surface area (TPSA) is 20.3 Å². The lowest BCUT2D eigenvalue weighted by molar-refractivity contribution is -0.129. The zero-order valence-electron chi connectivity index (χ0n) is 7.75. The van der Waals surface area contributed by atoms with E-state index in [0.717, 1.165) is 24.9 Å². The standard InChI is InChI=1S/C10H17NO/c1-8(12)11(6-9-2-3-9)7-10-4-5-10/h9-10H,2-7H2,1H3. The molecule has 0 N–H and O–H groups in total. The van der Waals surface area contributed by atoms with E-state index in [2.05, 4.69) is 4.90 Å². The number of carbonyl (C=O) groups excluding carboxylic acids is 1. The Bertz CT molecular complexity index is 168. The quantitative estimate of drug-likeness (QED) is 0.623. The second-order valence-electron chi connectivity index (χ2n) is 4.31. The number of nitrogens with zero attached hydrogens (tertiary/aromatic N) is 1. The normalized spacial score (nSPS) is 22.4. The predicted octanol–water partition coefficient (Wildman–Crippen LogP) is 1.65. The smallest absolute Gasteiger partial charge is 0.219 e. The van der Waals surface area contributed by atoms with Crippen molar-refractivity contribution in [3.8, 4) is 0 Å². The van der Waals surface area contributed by atoms with Gasteiger partial charge in [-0.15, -0.1) is 0 Å². The van der Waals surface area contributed by atoms with E-state index in [-0.39, 0.29) is 5.91 Å². The fourth-order valence-electron chi connectivity index (χ4n) is 1.56. The second-order valence-corrected chi connectivity index (χ2v) is 4.31. The summed E-state index contributed by atoms with van der Waals surface area (Å²) in [6.45, 7) is 3.77. The van der Waals surface area contributed by atoms with Crippen molar-refractivity contribution in [1.29, 1.82) is 0 Å². The summed E-state index contributed by atoms with van der Waals surface area (Å²) < 4.78 is 0. The van der Waals surface area contributed by atoms with E-state index in [0.29, 0.717) is 0 Å². The highest BCUT2D eigenvalue weighted by molar-refractivity contribution is 5.73. The fourth-order valence-corrected chi connectivity index (χ4v) is 1.56. The molecule has 2 nitrogen and oxygen atoms in total. The van der Waals surface area contributed by atoms with Gasteiger partial charge < -0.3 is 4.90 Å². The van der Waals surface area contributed by atoms with Crippen LogP contribution in [0.2, 0.25) is 0 Å². The summed E-state index contributed by atoms with van der Waals surface area (Å²) in [7, 11) is 0. The molecule has 2 fully saturated rings. The fraction of sp³-hybridized carbons (Fsp3) is 0.900. The first-order chi connectivity index (χ1) is 5.75. The first-order valence-electron chi connectivity index (χ1n) is 5.01. The second kappa shape index (κ2) is 3.08. The Hall–Kier alpha value is -0.530. The molecular formula is C10H17NO. The van der Waals surface area contributed by atoms with Gasteiger partial charge in [0.1, 0.15) is 0 Å². The summed E-state index contributed by atoms with van der Waals surface area (Å²) in [5.41, 5.74) is 0. The summed E-state index contributed by atoms with van der Waals surface area (Å²) >= 11 is 0. The van der Waals surface area contributed by atoms with E-state index < -0.39 is 0 Å².